The van der Waals surface area contributed by atoms with Gasteiger partial charge in [0.15, 0.2) is 0 Å². The minimum absolute atomic E-state index is 0. The van der Waals surface area contributed by atoms with Crippen LogP contribution in [0.5, 0.6) is 0 Å². The number of hydrogen-bond acceptors (Lipinski definition) is 8. The fourth-order valence-electron chi connectivity index (χ4n) is 10.8. The van der Waals surface area contributed by atoms with E-state index in [-0.39, 0.29) is 108 Å². The van der Waals surface area contributed by atoms with Crippen LogP contribution < -0.4 is 4.90 Å². The van der Waals surface area contributed by atoms with Crippen molar-refractivity contribution in [2.75, 3.05) is 26.0 Å². The van der Waals surface area contributed by atoms with Crippen LogP contribution in [0.1, 0.15) is 156 Å². The molecule has 8 aromatic carbocycles. The first-order chi connectivity index (χ1) is 38.2. The number of anilines is 1. The predicted molar refractivity (Wildman–Crippen MR) is 310 cm³/mol. The average molecular weight is 1440 g/mol. The fraction of sp³-hybridized carbons (Fsp3) is 0.188. The summed E-state index contributed by atoms with van der Waals surface area (Å²) in [5.74, 6) is -1.99. The Kier molecular flexibility index (Phi) is 20.2. The third-order valence-electron chi connectivity index (χ3n) is 14.9. The SMILES string of the molecule is C.CN1C(=O)c2c[c-]ccc2C1=O.CN1C(=O)c2c[c-]ccc2C1=O.CN1C(=O)c2c[c-]ccc2C1=O.Cc1ccc(C2(C)CC(C)(C)c3ccccc32)cc1.Cc1cccc(Cc2cccc(N3C(=O)c4c[c-]ccc4C3=O)c2)c1.[W+2].[W+2]. The number of carbonyl (C=O) groups is 8. The van der Waals surface area contributed by atoms with Gasteiger partial charge in [0, 0.05) is 26.6 Å². The molecule has 5 aliphatic rings. The summed E-state index contributed by atoms with van der Waals surface area (Å²) < 4.78 is 0. The largest absolute Gasteiger partial charge is 2.00 e. The van der Waals surface area contributed by atoms with Crippen molar-refractivity contribution in [3.05, 3.63) is 278 Å². The van der Waals surface area contributed by atoms with Gasteiger partial charge in [-0.15, -0.1) is 0 Å². The number of hydrogen-bond donors (Lipinski definition) is 0. The molecule has 1 aliphatic carbocycles. The molecular formula is C69H60N4O8W2. The summed E-state index contributed by atoms with van der Waals surface area (Å²) in [6.45, 7) is 11.3. The molecule has 12 nitrogen and oxygen atoms in total. The van der Waals surface area contributed by atoms with Crippen molar-refractivity contribution in [3.63, 3.8) is 0 Å². The van der Waals surface area contributed by atoms with Crippen LogP contribution in [0.4, 0.5) is 5.69 Å². The van der Waals surface area contributed by atoms with Crippen LogP contribution in [0.15, 0.2) is 170 Å². The molecule has 1 atom stereocenters. The van der Waals surface area contributed by atoms with E-state index in [2.05, 4.69) is 126 Å². The van der Waals surface area contributed by atoms with Crippen molar-refractivity contribution in [2.24, 2.45) is 0 Å². The standard InChI is InChI=1S/C22H16NO2.C19H22.3C9H6NO2.CH4.2W/c1-15-6-4-7-16(12-15)13-17-8-5-9-18(14-17)23-21(24)19-10-2-3-11-20(19)22(23)25;1-14-9-11-15(12-10-14)19(4)13-18(2,3)16-7-5-6-8-17(16)19;3*1-10-8(11)6-4-2-3-5-7(6)9(10)12;;;/h2,4-12,14H,13H2,1H3;5-12H,13H2,1-4H3;3*2,4-5H,1H3;1H4;;/q-1;;3*-1;;2*+2. The van der Waals surface area contributed by atoms with E-state index in [1.54, 1.807) is 78.9 Å². The van der Waals surface area contributed by atoms with Crippen LogP contribution in [-0.2, 0) is 59.4 Å². The summed E-state index contributed by atoms with van der Waals surface area (Å²) in [5, 5.41) is 0. The smallest absolute Gasteiger partial charge is 0.290 e. The molecule has 0 N–H and O–H groups in total. The summed E-state index contributed by atoms with van der Waals surface area (Å²) in [4.78, 5) is 97.6. The molecule has 4 aliphatic heterocycles. The van der Waals surface area contributed by atoms with E-state index in [0.29, 0.717) is 50.2 Å². The van der Waals surface area contributed by atoms with Crippen molar-refractivity contribution in [2.45, 2.75) is 65.7 Å². The van der Waals surface area contributed by atoms with Crippen LogP contribution in [-0.4, -0.2) is 83.1 Å². The molecular weight excluding hydrogens is 1380 g/mol. The van der Waals surface area contributed by atoms with E-state index in [1.165, 1.54) is 65.8 Å². The Bertz CT molecular complexity index is 3520. The van der Waals surface area contributed by atoms with Gasteiger partial charge in [-0.1, -0.05) is 169 Å². The third kappa shape index (κ3) is 12.7. The molecule has 83 heavy (non-hydrogen) atoms. The van der Waals surface area contributed by atoms with E-state index in [9.17, 15) is 38.4 Å². The number of carbonyl (C=O) groups excluding carboxylic acids is 8. The molecule has 0 spiro atoms. The number of nitrogens with zero attached hydrogens (tertiary/aromatic N) is 4. The molecule has 0 saturated carbocycles. The zero-order valence-corrected chi connectivity index (χ0v) is 52.3. The normalized spacial score (nSPS) is 16.1. The summed E-state index contributed by atoms with van der Waals surface area (Å²) >= 11 is 0. The number of amides is 8. The number of rotatable bonds is 4. The van der Waals surface area contributed by atoms with E-state index < -0.39 is 0 Å². The monoisotopic (exact) mass is 1440 g/mol. The molecule has 8 amide bonds. The van der Waals surface area contributed by atoms with Gasteiger partial charge >= 0.3 is 42.1 Å². The zero-order valence-electron chi connectivity index (χ0n) is 46.5. The van der Waals surface area contributed by atoms with Gasteiger partial charge in [-0.3, -0.25) is 58.0 Å². The minimum Gasteiger partial charge on any atom is -0.290 e. The second-order valence-electron chi connectivity index (χ2n) is 21.0. The maximum Gasteiger partial charge on any atom is 2.00 e. The predicted octanol–water partition coefficient (Wildman–Crippen LogP) is 11.9. The van der Waals surface area contributed by atoms with Crippen molar-refractivity contribution in [3.8, 4) is 0 Å². The summed E-state index contributed by atoms with van der Waals surface area (Å²) in [6.07, 6.45) is 1.94. The fourth-order valence-corrected chi connectivity index (χ4v) is 10.8. The van der Waals surface area contributed by atoms with E-state index in [4.69, 9.17) is 0 Å². The van der Waals surface area contributed by atoms with Crippen molar-refractivity contribution >= 4 is 52.9 Å². The van der Waals surface area contributed by atoms with Gasteiger partial charge in [0.25, 0.3) is 0 Å². The Labute approximate surface area is 514 Å². The Balaban J connectivity index is 0.000000171. The van der Waals surface area contributed by atoms with Gasteiger partial charge in [0.2, 0.25) is 47.3 Å². The molecule has 0 saturated heterocycles. The first kappa shape index (κ1) is 63.9. The second-order valence-corrected chi connectivity index (χ2v) is 21.0. The van der Waals surface area contributed by atoms with Crippen LogP contribution >= 0.6 is 0 Å². The Morgan fingerprint density at radius 2 is 0.783 bits per heavy atom. The quantitative estimate of drug-likeness (QED) is 0.125. The van der Waals surface area contributed by atoms with Crippen molar-refractivity contribution < 1.29 is 80.5 Å². The van der Waals surface area contributed by atoms with E-state index >= 15 is 0 Å². The molecule has 8 aromatic rings. The number of benzene rings is 8. The first-order valence-corrected chi connectivity index (χ1v) is 25.9. The maximum absolute atomic E-state index is 12.6. The van der Waals surface area contributed by atoms with E-state index in [1.807, 2.05) is 24.3 Å². The summed E-state index contributed by atoms with van der Waals surface area (Å²) in [6, 6.07) is 64.3. The topological polar surface area (TPSA) is 150 Å². The molecule has 13 rings (SSSR count). The number of imide groups is 4. The third-order valence-corrected chi connectivity index (χ3v) is 14.9. The van der Waals surface area contributed by atoms with Gasteiger partial charge < -0.3 is 0 Å². The molecule has 4 heterocycles. The van der Waals surface area contributed by atoms with Crippen LogP contribution in [0.25, 0.3) is 0 Å². The molecule has 0 aromatic heterocycles. The molecule has 1 unspecified atom stereocenters. The average Bonchev–Trinajstić information content (AvgIpc) is 3.46. The van der Waals surface area contributed by atoms with Crippen molar-refractivity contribution in [1.29, 1.82) is 0 Å². The van der Waals surface area contributed by atoms with Gasteiger partial charge in [-0.05, 0) is 72.1 Å². The van der Waals surface area contributed by atoms with Gasteiger partial charge in [-0.2, -0.15) is 97.1 Å². The van der Waals surface area contributed by atoms with Gasteiger partial charge in [-0.25, -0.2) is 0 Å². The molecule has 0 radical (unpaired) electrons. The first-order valence-electron chi connectivity index (χ1n) is 25.9. The number of aryl methyl sites for hydroxylation is 2. The zero-order chi connectivity index (χ0) is 57.2. The van der Waals surface area contributed by atoms with E-state index in [0.717, 1.165) is 26.7 Å². The Hall–Kier alpha value is -8.30. The Morgan fingerprint density at radius 1 is 0.410 bits per heavy atom. The molecule has 0 bridgehead atoms. The van der Waals surface area contributed by atoms with Gasteiger partial charge in [0.1, 0.15) is 0 Å². The van der Waals surface area contributed by atoms with Gasteiger partial charge in [0.05, 0.1) is 5.69 Å². The van der Waals surface area contributed by atoms with Crippen molar-refractivity contribution in [1.82, 2.24) is 14.7 Å². The molecule has 14 heteroatoms. The van der Waals surface area contributed by atoms with Crippen LogP contribution in [0, 0.1) is 38.1 Å². The number of fused-ring (bicyclic) bond motifs is 5. The second kappa shape index (κ2) is 26.3. The maximum atomic E-state index is 12.6. The minimum atomic E-state index is -0.287. The van der Waals surface area contributed by atoms with Crippen LogP contribution in [0.3, 0.4) is 0 Å². The summed E-state index contributed by atoms with van der Waals surface area (Å²) in [7, 11) is 4.43. The molecule has 0 fully saturated rings. The van der Waals surface area contributed by atoms with Crippen LogP contribution in [0.2, 0.25) is 0 Å². The molecule has 416 valence electrons. The Morgan fingerprint density at radius 3 is 1.20 bits per heavy atom. The summed E-state index contributed by atoms with van der Waals surface area (Å²) in [5.41, 5.74) is 13.9.